The van der Waals surface area contributed by atoms with Crippen LogP contribution in [0.4, 0.5) is 10.1 Å². The molecule has 3 heterocycles. The number of rotatable bonds is 4. The molecule has 0 unspecified atom stereocenters. The van der Waals surface area contributed by atoms with Crippen LogP contribution in [0.5, 0.6) is 0 Å². The van der Waals surface area contributed by atoms with E-state index in [0.717, 1.165) is 22.5 Å². The van der Waals surface area contributed by atoms with Gasteiger partial charge in [0.25, 0.3) is 5.91 Å². The summed E-state index contributed by atoms with van der Waals surface area (Å²) < 4.78 is 17.0. The third-order valence-corrected chi connectivity index (χ3v) is 4.91. The van der Waals surface area contributed by atoms with Crippen molar-refractivity contribution in [1.29, 1.82) is 0 Å². The number of aromatic nitrogens is 3. The van der Waals surface area contributed by atoms with Gasteiger partial charge >= 0.3 is 0 Å². The van der Waals surface area contributed by atoms with Gasteiger partial charge in [0.05, 0.1) is 6.20 Å². The monoisotopic (exact) mass is 396 g/mol. The molecule has 2 aromatic carbocycles. The molecule has 0 radical (unpaired) electrons. The molecule has 0 saturated heterocycles. The van der Waals surface area contributed by atoms with Crippen LogP contribution in [0.2, 0.25) is 0 Å². The van der Waals surface area contributed by atoms with Gasteiger partial charge in [-0.3, -0.25) is 4.79 Å². The van der Waals surface area contributed by atoms with E-state index in [1.165, 1.54) is 12.1 Å². The van der Waals surface area contributed by atoms with Gasteiger partial charge in [-0.2, -0.15) is 5.10 Å². The molecule has 5 rings (SSSR count). The Bertz CT molecular complexity index is 1350. The summed E-state index contributed by atoms with van der Waals surface area (Å²) in [6.07, 6.45) is 3.59. The minimum Gasteiger partial charge on any atom is -0.321 e. The van der Waals surface area contributed by atoms with E-state index in [1.807, 2.05) is 47.0 Å². The maximum absolute atomic E-state index is 13.4. The third-order valence-electron chi connectivity index (χ3n) is 4.91. The van der Waals surface area contributed by atoms with E-state index in [1.54, 1.807) is 29.1 Å². The van der Waals surface area contributed by atoms with Gasteiger partial charge in [-0.15, -0.1) is 0 Å². The highest BCUT2D eigenvalue weighted by Gasteiger charge is 2.16. The van der Waals surface area contributed by atoms with Crippen molar-refractivity contribution in [3.63, 3.8) is 0 Å². The molecule has 1 N–H and O–H groups in total. The zero-order valence-electron chi connectivity index (χ0n) is 15.9. The molecule has 3 aromatic heterocycles. The van der Waals surface area contributed by atoms with Crippen molar-refractivity contribution in [2.45, 2.75) is 0 Å². The second kappa shape index (κ2) is 7.33. The van der Waals surface area contributed by atoms with Crippen LogP contribution in [0.15, 0.2) is 97.3 Å². The molecular formula is C24H17FN4O. The first-order chi connectivity index (χ1) is 14.7. The number of nitrogens with one attached hydrogen (secondary N) is 1. The van der Waals surface area contributed by atoms with E-state index in [4.69, 9.17) is 0 Å². The fraction of sp³-hybridized carbons (Fsp3) is 0. The summed E-state index contributed by atoms with van der Waals surface area (Å²) in [6, 6.07) is 25.5. The largest absolute Gasteiger partial charge is 0.321 e. The van der Waals surface area contributed by atoms with Crippen LogP contribution in [-0.4, -0.2) is 20.1 Å². The normalized spacial score (nSPS) is 11.0. The minimum absolute atomic E-state index is 0.351. The van der Waals surface area contributed by atoms with Gasteiger partial charge in [0.1, 0.15) is 17.3 Å². The van der Waals surface area contributed by atoms with Gasteiger partial charge in [0.15, 0.2) is 0 Å². The molecule has 5 aromatic rings. The summed E-state index contributed by atoms with van der Waals surface area (Å²) >= 11 is 0. The van der Waals surface area contributed by atoms with Crippen LogP contribution in [0.25, 0.3) is 22.5 Å². The third kappa shape index (κ3) is 3.24. The summed E-state index contributed by atoms with van der Waals surface area (Å²) in [5.41, 5.74) is 3.88. The van der Waals surface area contributed by atoms with Crippen LogP contribution >= 0.6 is 0 Å². The number of halogens is 1. The summed E-state index contributed by atoms with van der Waals surface area (Å²) in [5, 5.41) is 7.08. The highest BCUT2D eigenvalue weighted by atomic mass is 19.1. The van der Waals surface area contributed by atoms with Crippen molar-refractivity contribution in [3.05, 3.63) is 109 Å². The topological polar surface area (TPSA) is 51.3 Å². The molecule has 0 saturated carbocycles. The summed E-state index contributed by atoms with van der Waals surface area (Å²) in [5.74, 6) is -0.0447. The predicted molar refractivity (Wildman–Crippen MR) is 114 cm³/mol. The first-order valence-corrected chi connectivity index (χ1v) is 9.47. The molecule has 0 aliphatic carbocycles. The van der Waals surface area contributed by atoms with Crippen LogP contribution in [0.3, 0.4) is 0 Å². The van der Waals surface area contributed by atoms with Crippen LogP contribution in [-0.2, 0) is 0 Å². The molecule has 0 aliphatic rings. The first-order valence-electron chi connectivity index (χ1n) is 9.47. The molecule has 5 nitrogen and oxygen atoms in total. The van der Waals surface area contributed by atoms with Crippen molar-refractivity contribution in [1.82, 2.24) is 14.2 Å². The average Bonchev–Trinajstić information content (AvgIpc) is 3.40. The number of carbonyl (C=O) groups excluding carboxylic acids is 1. The van der Waals surface area contributed by atoms with Gasteiger partial charge < -0.3 is 9.72 Å². The minimum atomic E-state index is -0.410. The molecule has 1 amide bonds. The number of pyridine rings is 1. The smallest absolute Gasteiger partial charge is 0.274 e. The van der Waals surface area contributed by atoms with Crippen LogP contribution in [0, 0.1) is 5.82 Å². The fourth-order valence-electron chi connectivity index (χ4n) is 3.48. The number of hydrogen-bond acceptors (Lipinski definition) is 2. The molecule has 0 spiro atoms. The van der Waals surface area contributed by atoms with Gasteiger partial charge in [-0.1, -0.05) is 42.5 Å². The number of carbonyl (C=O) groups is 1. The number of benzene rings is 2. The standard InChI is InChI=1S/C24H17FN4O/c25-19-7-4-8-20(15-19)27-24(30)22-13-14-26-29(22)23-12-11-21-10-9-18(16-28(21)23)17-5-2-1-3-6-17/h1-16H,(H,27,30). The molecule has 6 heteroatoms. The Kier molecular flexibility index (Phi) is 4.37. The molecule has 0 aliphatic heterocycles. The van der Waals surface area contributed by atoms with Crippen molar-refractivity contribution in [2.75, 3.05) is 5.32 Å². The van der Waals surface area contributed by atoms with Crippen molar-refractivity contribution < 1.29 is 9.18 Å². The Labute approximate surface area is 172 Å². The Hall–Kier alpha value is -4.19. The van der Waals surface area contributed by atoms with E-state index in [2.05, 4.69) is 28.6 Å². The molecule has 0 fully saturated rings. The van der Waals surface area contributed by atoms with Crippen molar-refractivity contribution >= 4 is 17.1 Å². The average molecular weight is 396 g/mol. The van der Waals surface area contributed by atoms with E-state index >= 15 is 0 Å². The zero-order chi connectivity index (χ0) is 20.5. The van der Waals surface area contributed by atoms with Gasteiger partial charge in [0, 0.05) is 17.4 Å². The lowest BCUT2D eigenvalue weighted by atomic mass is 10.1. The quantitative estimate of drug-likeness (QED) is 0.455. The Morgan fingerprint density at radius 3 is 2.53 bits per heavy atom. The van der Waals surface area contributed by atoms with Gasteiger partial charge in [-0.05, 0) is 53.6 Å². The Morgan fingerprint density at radius 1 is 0.867 bits per heavy atom. The van der Waals surface area contributed by atoms with Crippen molar-refractivity contribution in [2.24, 2.45) is 0 Å². The predicted octanol–water partition coefficient (Wildman–Crippen LogP) is 5.18. The molecule has 146 valence electrons. The number of anilines is 1. The highest BCUT2D eigenvalue weighted by molar-refractivity contribution is 6.03. The maximum atomic E-state index is 13.4. The van der Waals surface area contributed by atoms with E-state index in [0.29, 0.717) is 11.4 Å². The summed E-state index contributed by atoms with van der Waals surface area (Å²) in [7, 11) is 0. The lowest BCUT2D eigenvalue weighted by Crippen LogP contribution is -2.17. The van der Waals surface area contributed by atoms with Crippen LogP contribution < -0.4 is 5.32 Å². The number of hydrogen-bond donors (Lipinski definition) is 1. The molecule has 30 heavy (non-hydrogen) atoms. The first kappa shape index (κ1) is 17.9. The lowest BCUT2D eigenvalue weighted by molar-refractivity contribution is 0.101. The SMILES string of the molecule is O=C(Nc1cccc(F)c1)c1ccnn1-c1ccc2ccc(-c3ccccc3)cn12. The molecule has 0 bridgehead atoms. The summed E-state index contributed by atoms with van der Waals surface area (Å²) in [6.45, 7) is 0. The molecular weight excluding hydrogens is 379 g/mol. The zero-order valence-corrected chi connectivity index (χ0v) is 15.9. The fourth-order valence-corrected chi connectivity index (χ4v) is 3.48. The number of fused-ring (bicyclic) bond motifs is 1. The van der Waals surface area contributed by atoms with Crippen molar-refractivity contribution in [3.8, 4) is 16.9 Å². The van der Waals surface area contributed by atoms with Crippen LogP contribution in [0.1, 0.15) is 10.5 Å². The number of amides is 1. The Balaban J connectivity index is 1.54. The summed E-state index contributed by atoms with van der Waals surface area (Å²) in [4.78, 5) is 12.8. The highest BCUT2D eigenvalue weighted by Crippen LogP contribution is 2.23. The van der Waals surface area contributed by atoms with Gasteiger partial charge in [0.2, 0.25) is 0 Å². The second-order valence-electron chi connectivity index (χ2n) is 6.86. The van der Waals surface area contributed by atoms with Gasteiger partial charge in [-0.25, -0.2) is 9.07 Å². The lowest BCUT2D eigenvalue weighted by Gasteiger charge is -2.10. The second-order valence-corrected chi connectivity index (χ2v) is 6.86. The maximum Gasteiger partial charge on any atom is 0.274 e. The molecule has 0 atom stereocenters. The van der Waals surface area contributed by atoms with E-state index < -0.39 is 5.82 Å². The number of nitrogens with zero attached hydrogens (tertiary/aromatic N) is 3. The van der Waals surface area contributed by atoms with E-state index in [-0.39, 0.29) is 5.91 Å². The van der Waals surface area contributed by atoms with E-state index in [9.17, 15) is 9.18 Å². The Morgan fingerprint density at radius 2 is 1.70 bits per heavy atom.